The van der Waals surface area contributed by atoms with E-state index in [0.29, 0.717) is 36.2 Å². The molecule has 5 atom stereocenters. The molecule has 0 fully saturated rings. The maximum absolute atomic E-state index is 14.2. The average molecular weight is 990 g/mol. The van der Waals surface area contributed by atoms with Crippen LogP contribution in [-0.2, 0) is 45.5 Å². The molecule has 3 aromatic carbocycles. The Morgan fingerprint density at radius 2 is 1.39 bits per heavy atom. The summed E-state index contributed by atoms with van der Waals surface area (Å²) in [5.74, 6) is -1.10. The number of hydrogen-bond acceptors (Lipinski definition) is 8. The van der Waals surface area contributed by atoms with Crippen molar-refractivity contribution in [3.63, 3.8) is 0 Å². The fourth-order valence-electron chi connectivity index (χ4n) is 8.53. The lowest BCUT2D eigenvalue weighted by atomic mass is 9.76. The summed E-state index contributed by atoms with van der Waals surface area (Å²) in [6, 6.07) is 17.9. The van der Waals surface area contributed by atoms with Crippen LogP contribution >= 0.6 is 0 Å². The second kappa shape index (κ2) is 26.6. The molecular weight excluding hydrogens is 911 g/mol. The first kappa shape index (κ1) is 59.5. The van der Waals surface area contributed by atoms with E-state index < -0.39 is 64.7 Å². The Morgan fingerprint density at radius 3 is 1.97 bits per heavy atom. The van der Waals surface area contributed by atoms with Gasteiger partial charge in [-0.05, 0) is 98.9 Å². The molecule has 0 aliphatic carbocycles. The molecule has 390 valence electrons. The number of nitrogens with zero attached hydrogens (tertiary/aromatic N) is 2. The summed E-state index contributed by atoms with van der Waals surface area (Å²) in [5, 5.41) is 24.1. The largest absolute Gasteiger partial charge is 0.478 e. The lowest BCUT2D eigenvalue weighted by molar-refractivity contribution is -0.141. The third-order valence-corrected chi connectivity index (χ3v) is 13.1. The Bertz CT molecular complexity index is 2480. The van der Waals surface area contributed by atoms with Gasteiger partial charge in [0.15, 0.2) is 0 Å². The fraction of sp³-hybridized carbons (Fsp3) is 0.491. The van der Waals surface area contributed by atoms with Crippen LogP contribution in [0.1, 0.15) is 124 Å². The maximum atomic E-state index is 14.2. The number of nitrogens with one attached hydrogen (secondary N) is 5. The molecule has 6 N–H and O–H groups in total. The maximum Gasteiger partial charge on any atom is 0.331 e. The van der Waals surface area contributed by atoms with Crippen LogP contribution in [0.3, 0.4) is 0 Å². The Hall–Kier alpha value is -6.79. The van der Waals surface area contributed by atoms with E-state index >= 15 is 0 Å². The van der Waals surface area contributed by atoms with Crippen molar-refractivity contribution in [1.82, 2.24) is 26.2 Å². The molecule has 0 radical (unpaired) electrons. The molecule has 0 bridgehead atoms. The SMILES string of the molecule is C#Cc1ccccc1CN(C(=O)CCCCC(=O)N[C@H](C(=O)N[C@@H](C)C(=O)Nc1cccc(C(C)(C)C(NC)C(=O)N[C@H](C(=O)N(C)C(/C=C(\C)C(=O)O)C(C)C)C(C)(C)C)c1)C(C)C)c1ccccc1C. The molecule has 6 amide bonds. The molecule has 0 aliphatic heterocycles. The number of carboxylic acids is 1. The average Bonchev–Trinajstić information content (AvgIpc) is 3.31. The van der Waals surface area contributed by atoms with Crippen molar-refractivity contribution in [2.24, 2.45) is 17.3 Å². The van der Waals surface area contributed by atoms with Gasteiger partial charge in [-0.1, -0.05) is 123 Å². The molecule has 0 saturated heterocycles. The Labute approximate surface area is 427 Å². The standard InChI is InChI=1S/C57H79N7O8/c1-16-40-25-18-19-26-41(40)34-64(44-29-20-17-24-37(44)6)47(66)31-22-21-30-46(65)61-48(36(4)5)52(68)59-39(8)51(67)60-43-28-23-27-42(33-43)57(12,13)49(58-14)53(69)62-50(56(9,10)11)54(70)63(15)45(35(2)3)32-38(7)55(71)72/h1,17-20,23-29,32-33,35-36,39,45,48-50,58H,21-22,30-31,34H2,2-15H3,(H,59,68)(H,60,67)(H,61,65)(H,62,69)(H,71,72)/b38-32+/t39-,45?,48-,49?,50+/m0/s1. The number of para-hydroxylation sites is 1. The monoisotopic (exact) mass is 990 g/mol. The number of rotatable bonds is 24. The van der Waals surface area contributed by atoms with Crippen LogP contribution in [-0.4, -0.2) is 95.7 Å². The van der Waals surface area contributed by atoms with Crippen LogP contribution in [0.4, 0.5) is 11.4 Å². The van der Waals surface area contributed by atoms with E-state index in [1.807, 2.05) is 110 Å². The van der Waals surface area contributed by atoms with E-state index in [2.05, 4.69) is 32.5 Å². The molecule has 0 aliphatic rings. The van der Waals surface area contributed by atoms with Crippen LogP contribution in [0, 0.1) is 36.5 Å². The van der Waals surface area contributed by atoms with Gasteiger partial charge >= 0.3 is 5.97 Å². The van der Waals surface area contributed by atoms with Gasteiger partial charge in [0.25, 0.3) is 0 Å². The van der Waals surface area contributed by atoms with E-state index in [1.165, 1.54) is 11.8 Å². The molecule has 15 heteroatoms. The minimum atomic E-state index is -1.08. The summed E-state index contributed by atoms with van der Waals surface area (Å²) >= 11 is 0. The van der Waals surface area contributed by atoms with E-state index in [-0.39, 0.29) is 48.0 Å². The highest BCUT2D eigenvalue weighted by molar-refractivity contribution is 5.98. The fourth-order valence-corrected chi connectivity index (χ4v) is 8.53. The number of aryl methyl sites for hydroxylation is 1. The zero-order valence-electron chi connectivity index (χ0n) is 44.9. The highest BCUT2D eigenvalue weighted by Gasteiger charge is 2.42. The number of aliphatic carboxylic acids is 1. The van der Waals surface area contributed by atoms with Crippen LogP contribution in [0.2, 0.25) is 0 Å². The highest BCUT2D eigenvalue weighted by atomic mass is 16.4. The predicted octanol–water partition coefficient (Wildman–Crippen LogP) is 7.26. The summed E-state index contributed by atoms with van der Waals surface area (Å²) in [6.45, 7) is 21.9. The number of likely N-dealkylation sites (N-methyl/N-ethyl adjacent to an activating group) is 2. The van der Waals surface area contributed by atoms with Gasteiger partial charge in [0, 0.05) is 47.8 Å². The number of terminal acetylenes is 1. The van der Waals surface area contributed by atoms with Crippen LogP contribution in [0.15, 0.2) is 84.4 Å². The first-order valence-corrected chi connectivity index (χ1v) is 24.7. The molecule has 3 rings (SSSR count). The molecule has 0 spiro atoms. The van der Waals surface area contributed by atoms with Crippen LogP contribution in [0.25, 0.3) is 0 Å². The highest BCUT2D eigenvalue weighted by Crippen LogP contribution is 2.31. The van der Waals surface area contributed by atoms with Crippen molar-refractivity contribution >= 4 is 52.8 Å². The van der Waals surface area contributed by atoms with Crippen LogP contribution in [0.5, 0.6) is 0 Å². The minimum Gasteiger partial charge on any atom is -0.478 e. The zero-order valence-corrected chi connectivity index (χ0v) is 44.9. The lowest BCUT2D eigenvalue weighted by Gasteiger charge is -2.40. The van der Waals surface area contributed by atoms with Gasteiger partial charge in [0.1, 0.15) is 18.1 Å². The van der Waals surface area contributed by atoms with Crippen molar-refractivity contribution in [2.45, 2.75) is 151 Å². The number of carbonyl (C=O) groups is 7. The molecule has 15 nitrogen and oxygen atoms in total. The number of carbonyl (C=O) groups excluding carboxylic acids is 6. The van der Waals surface area contributed by atoms with Gasteiger partial charge in [-0.15, -0.1) is 6.42 Å². The summed E-state index contributed by atoms with van der Waals surface area (Å²) in [7, 11) is 3.26. The predicted molar refractivity (Wildman–Crippen MR) is 285 cm³/mol. The van der Waals surface area contributed by atoms with Crippen molar-refractivity contribution in [1.29, 1.82) is 0 Å². The van der Waals surface area contributed by atoms with E-state index in [0.717, 1.165) is 16.8 Å². The number of amides is 6. The zero-order chi connectivity index (χ0) is 54.2. The van der Waals surface area contributed by atoms with Gasteiger partial charge < -0.3 is 41.5 Å². The first-order chi connectivity index (χ1) is 33.6. The number of benzene rings is 3. The number of unbranched alkanes of at least 4 members (excludes halogenated alkanes) is 1. The molecule has 0 aromatic heterocycles. The normalized spacial score (nSPS) is 14.0. The third kappa shape index (κ3) is 16.4. The van der Waals surface area contributed by atoms with Gasteiger partial charge in [0.05, 0.1) is 18.6 Å². The van der Waals surface area contributed by atoms with Crippen molar-refractivity contribution < 1.29 is 38.7 Å². The smallest absolute Gasteiger partial charge is 0.331 e. The Kier molecular flexibility index (Phi) is 22.0. The first-order valence-electron chi connectivity index (χ1n) is 24.7. The Balaban J connectivity index is 1.65. The quantitative estimate of drug-likeness (QED) is 0.0303. The van der Waals surface area contributed by atoms with Crippen molar-refractivity contribution in [3.8, 4) is 12.3 Å². The van der Waals surface area contributed by atoms with Gasteiger partial charge in [0.2, 0.25) is 35.4 Å². The number of anilines is 2. The van der Waals surface area contributed by atoms with Crippen molar-refractivity contribution in [3.05, 3.63) is 107 Å². The van der Waals surface area contributed by atoms with E-state index in [9.17, 15) is 38.7 Å². The molecule has 3 aromatic rings. The second-order valence-corrected chi connectivity index (χ2v) is 21.0. The third-order valence-electron chi connectivity index (χ3n) is 13.1. The Morgan fingerprint density at radius 1 is 0.764 bits per heavy atom. The van der Waals surface area contributed by atoms with Crippen LogP contribution < -0.4 is 31.5 Å². The summed E-state index contributed by atoms with van der Waals surface area (Å²) in [6.07, 6.45) is 8.44. The summed E-state index contributed by atoms with van der Waals surface area (Å²) in [5.41, 5.74) is 2.89. The van der Waals surface area contributed by atoms with Crippen molar-refractivity contribution in [2.75, 3.05) is 24.3 Å². The minimum absolute atomic E-state index is 0.0893. The lowest BCUT2D eigenvalue weighted by Crippen LogP contribution is -2.61. The number of carboxylic acid groups (broad SMARTS) is 1. The van der Waals surface area contributed by atoms with E-state index in [1.54, 1.807) is 64.0 Å². The van der Waals surface area contributed by atoms with Gasteiger partial charge in [-0.2, -0.15) is 0 Å². The van der Waals surface area contributed by atoms with Gasteiger partial charge in [-0.25, -0.2) is 4.79 Å². The van der Waals surface area contributed by atoms with E-state index in [4.69, 9.17) is 6.42 Å². The molecule has 0 saturated carbocycles. The van der Waals surface area contributed by atoms with Gasteiger partial charge in [-0.3, -0.25) is 28.8 Å². The summed E-state index contributed by atoms with van der Waals surface area (Å²) in [4.78, 5) is 97.3. The molecule has 0 heterocycles. The second-order valence-electron chi connectivity index (χ2n) is 21.0. The molecule has 72 heavy (non-hydrogen) atoms. The summed E-state index contributed by atoms with van der Waals surface area (Å²) < 4.78 is 0. The number of hydrogen-bond donors (Lipinski definition) is 6. The topological polar surface area (TPSA) is 206 Å². The molecular formula is C57H79N7O8. The molecule has 2 unspecified atom stereocenters.